The predicted octanol–water partition coefficient (Wildman–Crippen LogP) is 4.55. The SMILES string of the molecule is Cc1nc(-c2ccccc2)n(Cc2ccc(C(=O)Nc3ccccc3)cc2)n1. The van der Waals surface area contributed by atoms with Crippen molar-refractivity contribution in [3.05, 3.63) is 102 Å². The number of aryl methyl sites for hydroxylation is 1. The Morgan fingerprint density at radius 3 is 2.21 bits per heavy atom. The number of rotatable bonds is 5. The molecule has 0 fully saturated rings. The zero-order valence-electron chi connectivity index (χ0n) is 15.5. The van der Waals surface area contributed by atoms with E-state index in [-0.39, 0.29) is 5.91 Å². The van der Waals surface area contributed by atoms with Gasteiger partial charge in [0.25, 0.3) is 5.91 Å². The lowest BCUT2D eigenvalue weighted by Crippen LogP contribution is -2.12. The molecule has 3 aromatic carbocycles. The second kappa shape index (κ2) is 7.88. The van der Waals surface area contributed by atoms with Crippen molar-refractivity contribution in [2.24, 2.45) is 0 Å². The molecule has 0 bridgehead atoms. The number of hydrogen-bond donors (Lipinski definition) is 1. The number of nitrogens with zero attached hydrogens (tertiary/aromatic N) is 3. The van der Waals surface area contributed by atoms with Crippen LogP contribution in [0.5, 0.6) is 0 Å². The molecule has 28 heavy (non-hydrogen) atoms. The largest absolute Gasteiger partial charge is 0.322 e. The molecule has 0 unspecified atom stereocenters. The lowest BCUT2D eigenvalue weighted by atomic mass is 10.1. The molecule has 0 radical (unpaired) electrons. The first-order valence-corrected chi connectivity index (χ1v) is 9.11. The lowest BCUT2D eigenvalue weighted by Gasteiger charge is -2.08. The molecule has 0 aliphatic heterocycles. The number of benzene rings is 3. The van der Waals surface area contributed by atoms with E-state index >= 15 is 0 Å². The molecule has 4 aromatic rings. The number of aromatic nitrogens is 3. The van der Waals surface area contributed by atoms with Crippen LogP contribution in [0, 0.1) is 6.92 Å². The Morgan fingerprint density at radius 2 is 1.54 bits per heavy atom. The Bertz CT molecular complexity index is 1070. The van der Waals surface area contributed by atoms with Crippen LogP contribution >= 0.6 is 0 Å². The highest BCUT2D eigenvalue weighted by atomic mass is 16.1. The smallest absolute Gasteiger partial charge is 0.255 e. The Balaban J connectivity index is 1.51. The molecule has 5 nitrogen and oxygen atoms in total. The Kier molecular flexibility index (Phi) is 4.97. The molecular formula is C23H20N4O. The molecule has 1 amide bonds. The topological polar surface area (TPSA) is 59.8 Å². The third-order valence-electron chi connectivity index (χ3n) is 4.39. The number of amides is 1. The molecular weight excluding hydrogens is 348 g/mol. The van der Waals surface area contributed by atoms with Gasteiger partial charge >= 0.3 is 0 Å². The van der Waals surface area contributed by atoms with E-state index < -0.39 is 0 Å². The van der Waals surface area contributed by atoms with Gasteiger partial charge in [0.05, 0.1) is 6.54 Å². The summed E-state index contributed by atoms with van der Waals surface area (Å²) in [5, 5.41) is 7.42. The first kappa shape index (κ1) is 17.7. The number of nitrogens with one attached hydrogen (secondary N) is 1. The van der Waals surface area contributed by atoms with Crippen LogP contribution in [0.25, 0.3) is 11.4 Å². The first-order chi connectivity index (χ1) is 13.7. The molecule has 0 atom stereocenters. The van der Waals surface area contributed by atoms with Crippen molar-refractivity contribution in [2.45, 2.75) is 13.5 Å². The highest BCUT2D eigenvalue weighted by Crippen LogP contribution is 2.18. The average molecular weight is 368 g/mol. The van der Waals surface area contributed by atoms with E-state index in [1.807, 2.05) is 96.5 Å². The van der Waals surface area contributed by atoms with E-state index in [1.54, 1.807) is 0 Å². The van der Waals surface area contributed by atoms with Gasteiger partial charge in [0, 0.05) is 16.8 Å². The molecule has 0 aliphatic rings. The summed E-state index contributed by atoms with van der Waals surface area (Å²) in [6.45, 7) is 2.48. The van der Waals surface area contributed by atoms with Gasteiger partial charge in [-0.3, -0.25) is 4.79 Å². The summed E-state index contributed by atoms with van der Waals surface area (Å²) in [7, 11) is 0. The van der Waals surface area contributed by atoms with E-state index in [9.17, 15) is 4.79 Å². The summed E-state index contributed by atoms with van der Waals surface area (Å²) in [5.41, 5.74) is 3.48. The summed E-state index contributed by atoms with van der Waals surface area (Å²) in [6, 6.07) is 27.0. The van der Waals surface area contributed by atoms with E-state index in [0.29, 0.717) is 12.1 Å². The minimum Gasteiger partial charge on any atom is -0.322 e. The maximum Gasteiger partial charge on any atom is 0.255 e. The van der Waals surface area contributed by atoms with Gasteiger partial charge in [-0.1, -0.05) is 60.7 Å². The molecule has 5 heteroatoms. The van der Waals surface area contributed by atoms with Crippen LogP contribution in [0.4, 0.5) is 5.69 Å². The van der Waals surface area contributed by atoms with Gasteiger partial charge in [0.2, 0.25) is 0 Å². The van der Waals surface area contributed by atoms with Crippen molar-refractivity contribution in [3.63, 3.8) is 0 Å². The molecule has 1 heterocycles. The minimum atomic E-state index is -0.126. The molecule has 0 spiro atoms. The Labute approximate surface area is 163 Å². The van der Waals surface area contributed by atoms with Crippen molar-refractivity contribution in [2.75, 3.05) is 5.32 Å². The monoisotopic (exact) mass is 368 g/mol. The maximum absolute atomic E-state index is 12.4. The summed E-state index contributed by atoms with van der Waals surface area (Å²) in [6.07, 6.45) is 0. The fourth-order valence-electron chi connectivity index (χ4n) is 3.03. The summed E-state index contributed by atoms with van der Waals surface area (Å²) in [5.74, 6) is 1.45. The highest BCUT2D eigenvalue weighted by molar-refractivity contribution is 6.04. The average Bonchev–Trinajstić information content (AvgIpc) is 3.10. The molecule has 1 N–H and O–H groups in total. The number of anilines is 1. The molecule has 138 valence electrons. The van der Waals surface area contributed by atoms with Crippen molar-refractivity contribution in [1.82, 2.24) is 14.8 Å². The number of para-hydroxylation sites is 1. The summed E-state index contributed by atoms with van der Waals surface area (Å²) >= 11 is 0. The van der Waals surface area contributed by atoms with Crippen molar-refractivity contribution in [1.29, 1.82) is 0 Å². The summed E-state index contributed by atoms with van der Waals surface area (Å²) < 4.78 is 1.89. The van der Waals surface area contributed by atoms with Crippen molar-refractivity contribution < 1.29 is 4.79 Å². The third-order valence-corrected chi connectivity index (χ3v) is 4.39. The van der Waals surface area contributed by atoms with Crippen LogP contribution < -0.4 is 5.32 Å². The number of hydrogen-bond acceptors (Lipinski definition) is 3. The standard InChI is InChI=1S/C23H20N4O/c1-17-24-22(19-8-4-2-5-9-19)27(26-17)16-18-12-14-20(15-13-18)23(28)25-21-10-6-3-7-11-21/h2-15H,16H2,1H3,(H,25,28). The number of carbonyl (C=O) groups excluding carboxylic acids is 1. The predicted molar refractivity (Wildman–Crippen MR) is 110 cm³/mol. The maximum atomic E-state index is 12.4. The van der Waals surface area contributed by atoms with E-state index in [0.717, 1.165) is 28.5 Å². The Morgan fingerprint density at radius 1 is 0.893 bits per heavy atom. The van der Waals surface area contributed by atoms with E-state index in [4.69, 9.17) is 0 Å². The van der Waals surface area contributed by atoms with Crippen molar-refractivity contribution >= 4 is 11.6 Å². The van der Waals surface area contributed by atoms with Crippen LogP contribution in [0.1, 0.15) is 21.7 Å². The van der Waals surface area contributed by atoms with Crippen LogP contribution in [-0.4, -0.2) is 20.7 Å². The minimum absolute atomic E-state index is 0.126. The van der Waals surface area contributed by atoms with Crippen LogP contribution in [-0.2, 0) is 6.54 Å². The first-order valence-electron chi connectivity index (χ1n) is 9.11. The molecule has 0 saturated heterocycles. The van der Waals surface area contributed by atoms with Gasteiger partial charge in [-0.2, -0.15) is 5.10 Å². The number of carbonyl (C=O) groups is 1. The van der Waals surface area contributed by atoms with Gasteiger partial charge in [-0.05, 0) is 36.8 Å². The molecule has 0 aliphatic carbocycles. The third kappa shape index (κ3) is 3.99. The van der Waals surface area contributed by atoms with Gasteiger partial charge in [-0.25, -0.2) is 9.67 Å². The van der Waals surface area contributed by atoms with Gasteiger partial charge in [0.15, 0.2) is 5.82 Å². The van der Waals surface area contributed by atoms with E-state index in [2.05, 4.69) is 15.4 Å². The van der Waals surface area contributed by atoms with Gasteiger partial charge in [-0.15, -0.1) is 0 Å². The molecule has 1 aromatic heterocycles. The van der Waals surface area contributed by atoms with Crippen molar-refractivity contribution in [3.8, 4) is 11.4 Å². The normalized spacial score (nSPS) is 10.6. The quantitative estimate of drug-likeness (QED) is 0.562. The second-order valence-electron chi connectivity index (χ2n) is 6.52. The van der Waals surface area contributed by atoms with Crippen LogP contribution in [0.15, 0.2) is 84.9 Å². The fraction of sp³-hybridized carbons (Fsp3) is 0.0870. The molecule has 4 rings (SSSR count). The highest BCUT2D eigenvalue weighted by Gasteiger charge is 2.11. The lowest BCUT2D eigenvalue weighted by molar-refractivity contribution is 0.102. The van der Waals surface area contributed by atoms with Gasteiger partial charge in [0.1, 0.15) is 5.82 Å². The zero-order valence-corrected chi connectivity index (χ0v) is 15.5. The van der Waals surface area contributed by atoms with Crippen LogP contribution in [0.2, 0.25) is 0 Å². The second-order valence-corrected chi connectivity index (χ2v) is 6.52. The zero-order chi connectivity index (χ0) is 19.3. The fourth-order valence-corrected chi connectivity index (χ4v) is 3.03. The van der Waals surface area contributed by atoms with Gasteiger partial charge < -0.3 is 5.32 Å². The molecule has 0 saturated carbocycles. The van der Waals surface area contributed by atoms with Crippen LogP contribution in [0.3, 0.4) is 0 Å². The summed E-state index contributed by atoms with van der Waals surface area (Å²) in [4.78, 5) is 16.9. The Hall–Kier alpha value is -3.73. The van der Waals surface area contributed by atoms with E-state index in [1.165, 1.54) is 0 Å².